The van der Waals surface area contributed by atoms with Gasteiger partial charge in [0.15, 0.2) is 0 Å². The van der Waals surface area contributed by atoms with Crippen molar-refractivity contribution in [2.24, 2.45) is 5.10 Å². The summed E-state index contributed by atoms with van der Waals surface area (Å²) in [6.45, 7) is 0. The van der Waals surface area contributed by atoms with Crippen LogP contribution in [0.3, 0.4) is 0 Å². The molecule has 0 bridgehead atoms. The normalized spacial score (nSPS) is 11.0. The topological polar surface area (TPSA) is 86.2 Å². The minimum atomic E-state index is -0.438. The van der Waals surface area contributed by atoms with Crippen molar-refractivity contribution in [3.63, 3.8) is 0 Å². The fourth-order valence-electron chi connectivity index (χ4n) is 1.86. The van der Waals surface area contributed by atoms with Crippen LogP contribution in [0.25, 0.3) is 0 Å². The number of nitro benzene ring substituents is 1. The summed E-state index contributed by atoms with van der Waals surface area (Å²) in [5.74, 6) is 0. The minimum Gasteiger partial charge on any atom is -0.258 e. The highest BCUT2D eigenvalue weighted by Crippen LogP contribution is 2.32. The Morgan fingerprint density at radius 3 is 2.54 bits per heavy atom. The van der Waals surface area contributed by atoms with Crippen LogP contribution in [0.2, 0.25) is 5.02 Å². The molecule has 0 N–H and O–H groups in total. The van der Waals surface area contributed by atoms with E-state index >= 15 is 0 Å². The first-order chi connectivity index (χ1) is 11.6. The lowest BCUT2D eigenvalue weighted by Crippen LogP contribution is -1.94. The molecule has 1 aromatic heterocycles. The Hall–Kier alpha value is -2.71. The molecular formula is C15H10ClN5O2S. The van der Waals surface area contributed by atoms with Gasteiger partial charge in [-0.05, 0) is 30.3 Å². The Labute approximate surface area is 146 Å². The fraction of sp³-hybridized carbons (Fsp3) is 0. The summed E-state index contributed by atoms with van der Waals surface area (Å²) in [5, 5.41) is 23.1. The number of aromatic nitrogens is 3. The van der Waals surface area contributed by atoms with Gasteiger partial charge in [-0.2, -0.15) is 5.10 Å². The molecule has 0 radical (unpaired) electrons. The lowest BCUT2D eigenvalue weighted by Gasteiger charge is -2.06. The predicted molar refractivity (Wildman–Crippen MR) is 91.7 cm³/mol. The first-order valence-corrected chi connectivity index (χ1v) is 7.92. The van der Waals surface area contributed by atoms with Crippen LogP contribution in [0.15, 0.2) is 70.0 Å². The Morgan fingerprint density at radius 1 is 1.17 bits per heavy atom. The second-order valence-corrected chi connectivity index (χ2v) is 6.17. The minimum absolute atomic E-state index is 0.000613. The summed E-state index contributed by atoms with van der Waals surface area (Å²) < 4.78 is 1.41. The van der Waals surface area contributed by atoms with E-state index in [1.807, 2.05) is 12.1 Å². The molecule has 0 aliphatic rings. The lowest BCUT2D eigenvalue weighted by molar-refractivity contribution is -0.384. The standard InChI is InChI=1S/C15H10ClN5O2S/c16-12-1-4-14(5-2-12)24-15-6-3-13(21(22)23)7-11(15)8-19-20-9-17-18-10-20/h1-10H. The van der Waals surface area contributed by atoms with Gasteiger partial charge in [0.05, 0.1) is 11.1 Å². The van der Waals surface area contributed by atoms with Crippen LogP contribution in [0.4, 0.5) is 5.69 Å². The molecular weight excluding hydrogens is 350 g/mol. The van der Waals surface area contributed by atoms with Crippen molar-refractivity contribution in [2.45, 2.75) is 9.79 Å². The highest BCUT2D eigenvalue weighted by Gasteiger charge is 2.11. The molecule has 1 heterocycles. The Balaban J connectivity index is 1.94. The zero-order chi connectivity index (χ0) is 16.9. The van der Waals surface area contributed by atoms with E-state index in [1.54, 1.807) is 18.2 Å². The molecule has 3 rings (SSSR count). The number of rotatable bonds is 5. The number of hydrogen-bond acceptors (Lipinski definition) is 6. The number of hydrogen-bond donors (Lipinski definition) is 0. The lowest BCUT2D eigenvalue weighted by atomic mass is 10.2. The largest absolute Gasteiger partial charge is 0.270 e. The van der Waals surface area contributed by atoms with Crippen molar-refractivity contribution in [2.75, 3.05) is 0 Å². The number of nitro groups is 1. The Bertz CT molecular complexity index is 881. The second-order valence-electron chi connectivity index (χ2n) is 4.62. The van der Waals surface area contributed by atoms with Crippen LogP contribution >= 0.6 is 23.4 Å². The van der Waals surface area contributed by atoms with Crippen molar-refractivity contribution in [1.29, 1.82) is 0 Å². The summed E-state index contributed by atoms with van der Waals surface area (Å²) in [6.07, 6.45) is 4.40. The van der Waals surface area contributed by atoms with Gasteiger partial charge < -0.3 is 0 Å². The predicted octanol–water partition coefficient (Wildman–Crippen LogP) is 3.87. The van der Waals surface area contributed by atoms with Crippen LogP contribution in [0.1, 0.15) is 5.56 Å². The van der Waals surface area contributed by atoms with Crippen LogP contribution in [-0.4, -0.2) is 26.0 Å². The number of halogens is 1. The van der Waals surface area contributed by atoms with E-state index in [2.05, 4.69) is 15.3 Å². The highest BCUT2D eigenvalue weighted by atomic mass is 35.5. The molecule has 120 valence electrons. The molecule has 0 unspecified atom stereocenters. The summed E-state index contributed by atoms with van der Waals surface area (Å²) in [6, 6.07) is 12.0. The van der Waals surface area contributed by atoms with E-state index in [0.29, 0.717) is 10.6 Å². The summed E-state index contributed by atoms with van der Waals surface area (Å²) in [7, 11) is 0. The van der Waals surface area contributed by atoms with Gasteiger partial charge in [0.1, 0.15) is 12.7 Å². The van der Waals surface area contributed by atoms with E-state index in [4.69, 9.17) is 11.6 Å². The van der Waals surface area contributed by atoms with Gasteiger partial charge in [0, 0.05) is 32.5 Å². The molecule has 0 aliphatic heterocycles. The van der Waals surface area contributed by atoms with E-state index in [0.717, 1.165) is 9.79 Å². The molecule has 0 saturated heterocycles. The van der Waals surface area contributed by atoms with E-state index in [-0.39, 0.29) is 5.69 Å². The molecule has 0 atom stereocenters. The van der Waals surface area contributed by atoms with Crippen LogP contribution < -0.4 is 0 Å². The molecule has 2 aromatic carbocycles. The van der Waals surface area contributed by atoms with E-state index < -0.39 is 4.92 Å². The molecule has 0 spiro atoms. The molecule has 0 amide bonds. The molecule has 0 aliphatic carbocycles. The van der Waals surface area contributed by atoms with Crippen molar-refractivity contribution in [1.82, 2.24) is 14.9 Å². The number of nitrogens with zero attached hydrogens (tertiary/aromatic N) is 5. The smallest absolute Gasteiger partial charge is 0.258 e. The Kier molecular flexibility index (Phi) is 4.88. The van der Waals surface area contributed by atoms with Gasteiger partial charge in [-0.15, -0.1) is 10.2 Å². The zero-order valence-electron chi connectivity index (χ0n) is 12.1. The third kappa shape index (κ3) is 3.98. The molecule has 24 heavy (non-hydrogen) atoms. The van der Waals surface area contributed by atoms with Gasteiger partial charge >= 0.3 is 0 Å². The van der Waals surface area contributed by atoms with Crippen LogP contribution in [0.5, 0.6) is 0 Å². The third-order valence-electron chi connectivity index (χ3n) is 2.98. The summed E-state index contributed by atoms with van der Waals surface area (Å²) >= 11 is 7.36. The van der Waals surface area contributed by atoms with Crippen molar-refractivity contribution in [3.8, 4) is 0 Å². The van der Waals surface area contributed by atoms with Crippen molar-refractivity contribution >= 4 is 35.3 Å². The van der Waals surface area contributed by atoms with Crippen molar-refractivity contribution in [3.05, 3.63) is 75.8 Å². The number of non-ortho nitro benzene ring substituents is 1. The van der Waals surface area contributed by atoms with Gasteiger partial charge in [-0.25, -0.2) is 4.68 Å². The average Bonchev–Trinajstić information content (AvgIpc) is 3.09. The van der Waals surface area contributed by atoms with E-state index in [1.165, 1.54) is 47.4 Å². The monoisotopic (exact) mass is 359 g/mol. The highest BCUT2D eigenvalue weighted by molar-refractivity contribution is 7.99. The van der Waals surface area contributed by atoms with Crippen LogP contribution in [-0.2, 0) is 0 Å². The van der Waals surface area contributed by atoms with Gasteiger partial charge in [0.25, 0.3) is 5.69 Å². The fourth-order valence-corrected chi connectivity index (χ4v) is 2.87. The van der Waals surface area contributed by atoms with Gasteiger partial charge in [-0.1, -0.05) is 23.4 Å². The Morgan fingerprint density at radius 2 is 1.88 bits per heavy atom. The van der Waals surface area contributed by atoms with Gasteiger partial charge in [0.2, 0.25) is 0 Å². The number of benzene rings is 2. The second kappa shape index (κ2) is 7.24. The SMILES string of the molecule is O=[N+]([O-])c1ccc(Sc2ccc(Cl)cc2)c(C=Nn2cnnc2)c1. The third-order valence-corrected chi connectivity index (χ3v) is 4.33. The average molecular weight is 360 g/mol. The summed E-state index contributed by atoms with van der Waals surface area (Å²) in [4.78, 5) is 12.4. The van der Waals surface area contributed by atoms with E-state index in [9.17, 15) is 10.1 Å². The quantitative estimate of drug-likeness (QED) is 0.392. The summed E-state index contributed by atoms with van der Waals surface area (Å²) in [5.41, 5.74) is 0.624. The maximum atomic E-state index is 11.0. The first-order valence-electron chi connectivity index (χ1n) is 6.73. The van der Waals surface area contributed by atoms with Crippen molar-refractivity contribution < 1.29 is 4.92 Å². The van der Waals surface area contributed by atoms with Gasteiger partial charge in [-0.3, -0.25) is 10.1 Å². The van der Waals surface area contributed by atoms with Crippen LogP contribution in [0, 0.1) is 10.1 Å². The molecule has 3 aromatic rings. The maximum Gasteiger partial charge on any atom is 0.270 e. The first kappa shape index (κ1) is 16.2. The molecule has 0 fully saturated rings. The molecule has 9 heteroatoms. The maximum absolute atomic E-state index is 11.0. The molecule has 7 nitrogen and oxygen atoms in total. The molecule has 0 saturated carbocycles. The zero-order valence-corrected chi connectivity index (χ0v) is 13.7.